The molecule has 2 amide bonds. The fourth-order valence-electron chi connectivity index (χ4n) is 8.30. The van der Waals surface area contributed by atoms with Crippen LogP contribution in [0.2, 0.25) is 54.4 Å². The fourth-order valence-corrected chi connectivity index (χ4v) is 12.4. The van der Waals surface area contributed by atoms with Crippen LogP contribution in [-0.4, -0.2) is 119 Å². The van der Waals surface area contributed by atoms with E-state index in [1.807, 2.05) is 116 Å². The summed E-state index contributed by atoms with van der Waals surface area (Å²) in [6, 6.07) is 17.3. The van der Waals surface area contributed by atoms with Gasteiger partial charge in [-0.2, -0.15) is 0 Å². The van der Waals surface area contributed by atoms with Crippen molar-refractivity contribution in [3.8, 4) is 0 Å². The normalized spacial score (nSPS) is 16.8. The molecule has 8 atom stereocenters. The minimum absolute atomic E-state index is 0.000924. The summed E-state index contributed by atoms with van der Waals surface area (Å²) in [5.74, 6) is -6.50. The third-order valence-corrected chi connectivity index (χ3v) is 30.7. The number of benzene rings is 2. The maximum atomic E-state index is 13.7. The van der Waals surface area contributed by atoms with Crippen molar-refractivity contribution in [3.05, 3.63) is 71.8 Å². The number of carboxylic acid groups (broad SMARTS) is 1. The highest BCUT2D eigenvalue weighted by atomic mass is 28.4. The SMILES string of the molecule is CC(C(=O)O)C(=O)[C@@H](O[Si](C)(C)C(C)(C)C)C(C)C.CC(C(=O)OCc1ccccc1)C(=O)[C@@H](O[Si](C)(C)C(C)(C)C)C(C)C.CC(C)C[C@H](NC(=O)C(C)C(=O)[C@@H](O[Si](C)(C)C(C)(C)C)C(C)C)C(=O)N1CCC[C@H]1C(=O)OCc1ccccc1. The highest BCUT2D eigenvalue weighted by molar-refractivity contribution is 6.75. The van der Waals surface area contributed by atoms with Gasteiger partial charge in [0, 0.05) is 6.54 Å². The number of ketones is 3. The molecule has 0 radical (unpaired) electrons. The Bertz CT molecular complexity index is 2510. The van der Waals surface area contributed by atoms with Gasteiger partial charge in [-0.25, -0.2) is 4.79 Å². The molecular formula is C67H114N2O14Si3. The van der Waals surface area contributed by atoms with E-state index in [-0.39, 0.29) is 75.3 Å². The summed E-state index contributed by atoms with van der Waals surface area (Å²) in [4.78, 5) is 104. The van der Waals surface area contributed by atoms with Crippen LogP contribution in [0.3, 0.4) is 0 Å². The molecule has 1 aliphatic heterocycles. The van der Waals surface area contributed by atoms with Crippen LogP contribution in [0.25, 0.3) is 0 Å². The average Bonchev–Trinajstić information content (AvgIpc) is 2.66. The van der Waals surface area contributed by atoms with Crippen molar-refractivity contribution in [1.29, 1.82) is 0 Å². The third kappa shape index (κ3) is 24.4. The molecule has 3 unspecified atom stereocenters. The monoisotopic (exact) mass is 1250 g/mol. The number of carbonyl (C=O) groups excluding carboxylic acids is 7. The maximum Gasteiger partial charge on any atom is 0.329 e. The first-order chi connectivity index (χ1) is 39.1. The number of hydrogen-bond acceptors (Lipinski definition) is 13. The summed E-state index contributed by atoms with van der Waals surface area (Å²) in [6.07, 6.45) is -0.353. The number of carbonyl (C=O) groups is 8. The van der Waals surface area contributed by atoms with Crippen LogP contribution in [0.4, 0.5) is 0 Å². The highest BCUT2D eigenvalue weighted by Crippen LogP contribution is 2.41. The van der Waals surface area contributed by atoms with Crippen molar-refractivity contribution in [2.45, 2.75) is 256 Å². The van der Waals surface area contributed by atoms with Gasteiger partial charge in [-0.3, -0.25) is 33.6 Å². The van der Waals surface area contributed by atoms with Gasteiger partial charge in [0.2, 0.25) is 11.8 Å². The maximum absolute atomic E-state index is 13.7. The van der Waals surface area contributed by atoms with E-state index in [1.54, 1.807) is 13.8 Å². The molecule has 19 heteroatoms. The highest BCUT2D eigenvalue weighted by Gasteiger charge is 2.47. The number of likely N-dealkylation sites (tertiary alicyclic amines) is 1. The van der Waals surface area contributed by atoms with Crippen molar-refractivity contribution in [1.82, 2.24) is 10.2 Å². The molecule has 0 aromatic heterocycles. The van der Waals surface area contributed by atoms with E-state index in [0.29, 0.717) is 25.8 Å². The largest absolute Gasteiger partial charge is 0.481 e. The van der Waals surface area contributed by atoms with Crippen molar-refractivity contribution < 1.29 is 66.2 Å². The van der Waals surface area contributed by atoms with Gasteiger partial charge in [-0.1, -0.05) is 178 Å². The van der Waals surface area contributed by atoms with Crippen molar-refractivity contribution in [2.75, 3.05) is 6.54 Å². The lowest BCUT2D eigenvalue weighted by Crippen LogP contribution is -2.55. The van der Waals surface area contributed by atoms with Crippen LogP contribution < -0.4 is 5.32 Å². The number of amides is 2. The molecule has 0 aliphatic carbocycles. The molecule has 0 saturated carbocycles. The van der Waals surface area contributed by atoms with Crippen LogP contribution in [-0.2, 0) is 74.3 Å². The molecule has 2 N–H and O–H groups in total. The molecular weight excluding hydrogens is 1140 g/mol. The first kappa shape index (κ1) is 79.3. The van der Waals surface area contributed by atoms with Crippen LogP contribution in [0.1, 0.15) is 169 Å². The molecule has 2 aromatic carbocycles. The zero-order chi connectivity index (χ0) is 66.8. The van der Waals surface area contributed by atoms with Gasteiger partial charge in [0.25, 0.3) is 0 Å². The molecule has 0 bridgehead atoms. The summed E-state index contributed by atoms with van der Waals surface area (Å²) >= 11 is 0. The smallest absolute Gasteiger partial charge is 0.329 e. The van der Waals surface area contributed by atoms with E-state index in [2.05, 4.69) is 107 Å². The van der Waals surface area contributed by atoms with Crippen LogP contribution in [0, 0.1) is 41.4 Å². The number of nitrogens with one attached hydrogen (secondary N) is 1. The number of nitrogens with zero attached hydrogens (tertiary/aromatic N) is 1. The first-order valence-electron chi connectivity index (χ1n) is 31.0. The minimum atomic E-state index is -2.27. The summed E-state index contributed by atoms with van der Waals surface area (Å²) in [5.41, 5.74) is 1.77. The predicted molar refractivity (Wildman–Crippen MR) is 349 cm³/mol. The van der Waals surface area contributed by atoms with Gasteiger partial charge >= 0.3 is 17.9 Å². The second kappa shape index (κ2) is 33.8. The summed E-state index contributed by atoms with van der Waals surface area (Å²) in [6.45, 7) is 52.5. The molecule has 1 heterocycles. The van der Waals surface area contributed by atoms with Gasteiger partial charge in [0.05, 0.1) is 5.92 Å². The Morgan fingerprint density at radius 2 is 0.884 bits per heavy atom. The number of rotatable bonds is 27. The van der Waals surface area contributed by atoms with Gasteiger partial charge in [-0.15, -0.1) is 0 Å². The molecule has 3 rings (SSSR count). The summed E-state index contributed by atoms with van der Waals surface area (Å²) in [5, 5.41) is 11.7. The molecule has 86 heavy (non-hydrogen) atoms. The fraction of sp³-hybridized carbons (Fsp3) is 0.701. The number of Topliss-reactive ketones (excluding diaryl/α,β-unsaturated/α-hetero) is 3. The Morgan fingerprint density at radius 3 is 1.22 bits per heavy atom. The van der Waals surface area contributed by atoms with Crippen molar-refractivity contribution >= 4 is 72.0 Å². The lowest BCUT2D eigenvalue weighted by atomic mass is 9.93. The number of aliphatic carboxylic acids is 1. The minimum Gasteiger partial charge on any atom is -0.481 e. The van der Waals surface area contributed by atoms with Crippen LogP contribution in [0.15, 0.2) is 60.7 Å². The van der Waals surface area contributed by atoms with Gasteiger partial charge < -0.3 is 38.1 Å². The second-order valence-electron chi connectivity index (χ2n) is 29.4. The Balaban J connectivity index is 0.000000703. The quantitative estimate of drug-likeness (QED) is 0.0483. The third-order valence-electron chi connectivity index (χ3n) is 17.3. The first-order valence-corrected chi connectivity index (χ1v) is 39.8. The lowest BCUT2D eigenvalue weighted by Gasteiger charge is -2.40. The molecule has 1 fully saturated rings. The topological polar surface area (TPSA) is 218 Å². The molecule has 2 aromatic rings. The predicted octanol–water partition coefficient (Wildman–Crippen LogP) is 13.8. The molecule has 1 saturated heterocycles. The van der Waals surface area contributed by atoms with Gasteiger partial charge in [0.1, 0.15) is 55.4 Å². The lowest BCUT2D eigenvalue weighted by molar-refractivity contribution is -0.156. The number of carboxylic acids is 1. The van der Waals surface area contributed by atoms with Crippen molar-refractivity contribution in [2.24, 2.45) is 41.4 Å². The van der Waals surface area contributed by atoms with E-state index in [0.717, 1.165) is 11.1 Å². The number of ether oxygens (including phenoxy) is 2. The second-order valence-corrected chi connectivity index (χ2v) is 43.7. The zero-order valence-corrected chi connectivity index (χ0v) is 60.6. The van der Waals surface area contributed by atoms with Gasteiger partial charge in [-0.05, 0) is 129 Å². The van der Waals surface area contributed by atoms with E-state index < -0.39 is 96.9 Å². The molecule has 1 aliphatic rings. The van der Waals surface area contributed by atoms with Crippen molar-refractivity contribution in [3.63, 3.8) is 0 Å². The Labute approximate surface area is 521 Å². The Kier molecular flexibility index (Phi) is 31.2. The summed E-state index contributed by atoms with van der Waals surface area (Å²) in [7, 11) is -6.47. The average molecular weight is 1260 g/mol. The molecule has 0 spiro atoms. The van der Waals surface area contributed by atoms with E-state index in [1.165, 1.54) is 11.8 Å². The van der Waals surface area contributed by atoms with E-state index in [9.17, 15) is 38.4 Å². The van der Waals surface area contributed by atoms with E-state index >= 15 is 0 Å². The molecule has 16 nitrogen and oxygen atoms in total. The number of esters is 2. The Hall–Kier alpha value is -4.67. The summed E-state index contributed by atoms with van der Waals surface area (Å²) < 4.78 is 29.8. The van der Waals surface area contributed by atoms with Crippen LogP contribution in [0.5, 0.6) is 0 Å². The van der Waals surface area contributed by atoms with Crippen LogP contribution >= 0.6 is 0 Å². The zero-order valence-electron chi connectivity index (χ0n) is 57.6. The number of hydrogen-bond donors (Lipinski definition) is 2. The Morgan fingerprint density at radius 1 is 0.535 bits per heavy atom. The molecule has 488 valence electrons. The standard InChI is InChI=1S/C32H52N2O6Si.C21H34O4Si.C14H28O4Si/c1-21(2)19-25(30(37)34-18-14-17-26(34)31(38)39-20-24-15-12-11-13-16-24)33-29(36)23(5)27(35)28(22(3)4)40-41(9,10)32(6,7)8;1-15(2)19(25-26(7,8)21(4,5)6)18(22)16(3)20(23)24-14-17-12-10-9-11-13-17;1-9(2)12(11(15)10(3)13(16)17)18-19(7,8)14(4,5)6/h11-13,15-16,21-23,25-26,28H,14,17-20H2,1-10H3,(H,33,36);9-13,15-16,19H,14H2,1-8H3;9-10,12H,1-8H3,(H,16,17)/t23?,25-,26-,28-;16?,19-;10?,12-/m000/s1. The van der Waals surface area contributed by atoms with Gasteiger partial charge in [0.15, 0.2) is 42.3 Å². The van der Waals surface area contributed by atoms with E-state index in [4.69, 9.17) is 27.9 Å².